The van der Waals surface area contributed by atoms with Gasteiger partial charge in [0.1, 0.15) is 24.2 Å². The summed E-state index contributed by atoms with van der Waals surface area (Å²) in [6, 6.07) is 6.79. The number of ether oxygens (including phenoxy) is 2. The van der Waals surface area contributed by atoms with Crippen LogP contribution in [0.3, 0.4) is 0 Å². The van der Waals surface area contributed by atoms with Crippen molar-refractivity contribution in [3.63, 3.8) is 0 Å². The molecule has 0 aliphatic rings. The normalized spacial score (nSPS) is 12.7. The van der Waals surface area contributed by atoms with E-state index in [9.17, 15) is 4.79 Å². The van der Waals surface area contributed by atoms with Crippen LogP contribution in [-0.4, -0.2) is 25.9 Å². The lowest BCUT2D eigenvalue weighted by Gasteiger charge is -2.38. The van der Waals surface area contributed by atoms with Crippen LogP contribution in [0.15, 0.2) is 30.6 Å². The van der Waals surface area contributed by atoms with Gasteiger partial charge in [0.15, 0.2) is 20.9 Å². The van der Waals surface area contributed by atoms with E-state index in [2.05, 4.69) is 38.8 Å². The maximum atomic E-state index is 11.5. The van der Waals surface area contributed by atoms with E-state index in [0.717, 1.165) is 0 Å². The highest BCUT2D eigenvalue weighted by Crippen LogP contribution is 2.38. The van der Waals surface area contributed by atoms with Gasteiger partial charge in [-0.05, 0) is 37.2 Å². The second kappa shape index (κ2) is 9.60. The minimum Gasteiger partial charge on any atom is -0.488 e. The van der Waals surface area contributed by atoms with E-state index in [1.807, 2.05) is 13.0 Å². The van der Waals surface area contributed by atoms with Gasteiger partial charge in [-0.3, -0.25) is 9.78 Å². The molecule has 1 atom stereocenters. The Morgan fingerprint density at radius 1 is 1.23 bits per heavy atom. The van der Waals surface area contributed by atoms with Crippen LogP contribution in [0.2, 0.25) is 23.2 Å². The van der Waals surface area contributed by atoms with Gasteiger partial charge in [0.25, 0.3) is 0 Å². The van der Waals surface area contributed by atoms with E-state index in [4.69, 9.17) is 30.8 Å². The van der Waals surface area contributed by atoms with Crippen molar-refractivity contribution in [1.29, 1.82) is 5.26 Å². The highest BCUT2D eigenvalue weighted by Gasteiger charge is 2.39. The Bertz CT molecular complexity index is 951. The minimum atomic E-state index is -2.03. The summed E-state index contributed by atoms with van der Waals surface area (Å²) in [7, 11) is -2.03. The van der Waals surface area contributed by atoms with Crippen molar-refractivity contribution in [3.05, 3.63) is 52.3 Å². The molecule has 0 amide bonds. The van der Waals surface area contributed by atoms with Gasteiger partial charge in [-0.1, -0.05) is 32.4 Å². The Labute approximate surface area is 183 Å². The number of aromatic nitrogens is 1. The molecule has 160 valence electrons. The quantitative estimate of drug-likeness (QED) is 0.292. The SMILES string of the molecule is CC(Oc1cc(OCc2cncc(C#N)c2)c(C=O)cc1Cl)O[Si](C)(C)C(C)(C)C. The summed E-state index contributed by atoms with van der Waals surface area (Å²) in [5.74, 6) is 0.693. The minimum absolute atomic E-state index is 0.0378. The van der Waals surface area contributed by atoms with Crippen LogP contribution in [0.25, 0.3) is 0 Å². The molecule has 0 saturated carbocycles. The zero-order valence-corrected chi connectivity index (χ0v) is 19.9. The molecule has 2 aromatic rings. The van der Waals surface area contributed by atoms with Crippen molar-refractivity contribution in [3.8, 4) is 17.6 Å². The molecule has 1 aromatic carbocycles. The monoisotopic (exact) mass is 446 g/mol. The number of pyridine rings is 1. The van der Waals surface area contributed by atoms with E-state index in [0.29, 0.717) is 39.5 Å². The van der Waals surface area contributed by atoms with E-state index in [1.165, 1.54) is 12.3 Å². The number of rotatable bonds is 8. The van der Waals surface area contributed by atoms with Crippen LogP contribution >= 0.6 is 11.6 Å². The smallest absolute Gasteiger partial charge is 0.196 e. The molecule has 1 aromatic heterocycles. The van der Waals surface area contributed by atoms with Crippen LogP contribution in [-0.2, 0) is 11.0 Å². The molecule has 6 nitrogen and oxygen atoms in total. The molecule has 30 heavy (non-hydrogen) atoms. The first-order valence-electron chi connectivity index (χ1n) is 9.57. The Morgan fingerprint density at radius 2 is 1.93 bits per heavy atom. The van der Waals surface area contributed by atoms with Crippen LogP contribution in [0, 0.1) is 11.3 Å². The summed E-state index contributed by atoms with van der Waals surface area (Å²) in [5.41, 5.74) is 1.44. The second-order valence-electron chi connectivity index (χ2n) is 8.48. The summed E-state index contributed by atoms with van der Waals surface area (Å²) in [6.07, 6.45) is 3.22. The molecule has 0 N–H and O–H groups in total. The summed E-state index contributed by atoms with van der Waals surface area (Å²) < 4.78 is 17.9. The Balaban J connectivity index is 2.19. The standard InChI is InChI=1S/C22H27ClN2O4Si/c1-15(29-30(5,6)22(2,3)4)28-21-9-20(18(13-26)8-19(21)23)27-14-17-7-16(10-24)11-25-12-17/h7-9,11-13,15H,14H2,1-6H3. The zero-order chi connectivity index (χ0) is 22.5. The first-order chi connectivity index (χ1) is 14.0. The number of halogens is 1. The van der Waals surface area contributed by atoms with E-state index in [1.54, 1.807) is 18.3 Å². The van der Waals surface area contributed by atoms with E-state index >= 15 is 0 Å². The number of hydrogen-bond acceptors (Lipinski definition) is 6. The second-order valence-corrected chi connectivity index (χ2v) is 13.6. The van der Waals surface area contributed by atoms with Crippen molar-refractivity contribution >= 4 is 26.2 Å². The van der Waals surface area contributed by atoms with Crippen LogP contribution in [0.1, 0.15) is 49.2 Å². The molecule has 8 heteroatoms. The van der Waals surface area contributed by atoms with Gasteiger partial charge in [-0.2, -0.15) is 5.26 Å². The van der Waals surface area contributed by atoms with Gasteiger partial charge < -0.3 is 13.9 Å². The molecular weight excluding hydrogens is 420 g/mol. The predicted molar refractivity (Wildman–Crippen MR) is 118 cm³/mol. The van der Waals surface area contributed by atoms with Gasteiger partial charge in [-0.25, -0.2) is 0 Å². The number of hydrogen-bond donors (Lipinski definition) is 0. The van der Waals surface area contributed by atoms with Crippen molar-refractivity contribution in [2.24, 2.45) is 0 Å². The molecule has 2 rings (SSSR count). The number of carbonyl (C=O) groups is 1. The molecule has 0 aliphatic heterocycles. The zero-order valence-electron chi connectivity index (χ0n) is 18.2. The van der Waals surface area contributed by atoms with Crippen molar-refractivity contribution in [2.75, 3.05) is 0 Å². The molecule has 1 unspecified atom stereocenters. The fraction of sp³-hybridized carbons (Fsp3) is 0.409. The molecule has 0 radical (unpaired) electrons. The maximum Gasteiger partial charge on any atom is 0.196 e. The number of nitrogens with zero attached hydrogens (tertiary/aromatic N) is 2. The highest BCUT2D eigenvalue weighted by atomic mass is 35.5. The molecule has 0 bridgehead atoms. The topological polar surface area (TPSA) is 81.4 Å². The van der Waals surface area contributed by atoms with Crippen LogP contribution < -0.4 is 9.47 Å². The number of nitriles is 1. The third-order valence-corrected chi connectivity index (χ3v) is 9.90. The lowest BCUT2D eigenvalue weighted by Crippen LogP contribution is -2.44. The number of aldehydes is 1. The molecule has 0 fully saturated rings. The summed E-state index contributed by atoms with van der Waals surface area (Å²) in [5, 5.41) is 9.33. The van der Waals surface area contributed by atoms with Crippen LogP contribution in [0.4, 0.5) is 0 Å². The van der Waals surface area contributed by atoms with Crippen molar-refractivity contribution in [1.82, 2.24) is 4.98 Å². The van der Waals surface area contributed by atoms with Gasteiger partial charge >= 0.3 is 0 Å². The maximum absolute atomic E-state index is 11.5. The fourth-order valence-electron chi connectivity index (χ4n) is 2.44. The summed E-state index contributed by atoms with van der Waals surface area (Å²) in [4.78, 5) is 15.5. The highest BCUT2D eigenvalue weighted by molar-refractivity contribution is 6.74. The number of benzene rings is 1. The number of carbonyl (C=O) groups excluding carboxylic acids is 1. The molecule has 0 aliphatic carbocycles. The lowest BCUT2D eigenvalue weighted by atomic mass is 10.2. The first-order valence-corrected chi connectivity index (χ1v) is 12.9. The average molecular weight is 447 g/mol. The van der Waals surface area contributed by atoms with Crippen molar-refractivity contribution < 1.29 is 18.7 Å². The third kappa shape index (κ3) is 6.05. The van der Waals surface area contributed by atoms with E-state index in [-0.39, 0.29) is 11.6 Å². The summed E-state index contributed by atoms with van der Waals surface area (Å²) >= 11 is 6.31. The summed E-state index contributed by atoms with van der Waals surface area (Å²) in [6.45, 7) is 12.7. The van der Waals surface area contributed by atoms with Crippen LogP contribution in [0.5, 0.6) is 11.5 Å². The Morgan fingerprint density at radius 3 is 2.53 bits per heavy atom. The Hall–Kier alpha value is -2.40. The average Bonchev–Trinajstić information content (AvgIpc) is 2.66. The van der Waals surface area contributed by atoms with Gasteiger partial charge in [0.05, 0.1) is 16.1 Å². The molecule has 0 spiro atoms. The third-order valence-electron chi connectivity index (χ3n) is 5.07. The van der Waals surface area contributed by atoms with Gasteiger partial charge in [-0.15, -0.1) is 0 Å². The fourth-order valence-corrected chi connectivity index (χ4v) is 3.89. The van der Waals surface area contributed by atoms with E-state index < -0.39 is 14.6 Å². The lowest BCUT2D eigenvalue weighted by molar-refractivity contribution is 0.0104. The van der Waals surface area contributed by atoms with Crippen molar-refractivity contribution in [2.45, 2.75) is 58.7 Å². The Kier molecular flexibility index (Phi) is 7.64. The van der Waals surface area contributed by atoms with Gasteiger partial charge in [0, 0.05) is 24.0 Å². The van der Waals surface area contributed by atoms with Gasteiger partial charge in [0.2, 0.25) is 0 Å². The molecular formula is C22H27ClN2O4Si. The molecule has 0 saturated heterocycles. The molecule has 1 heterocycles. The first kappa shape index (κ1) is 23.9. The predicted octanol–water partition coefficient (Wildman–Crippen LogP) is 5.74. The largest absolute Gasteiger partial charge is 0.488 e.